The number of hydrogen-bond acceptors (Lipinski definition) is 3. The molecule has 0 saturated heterocycles. The number of carbonyl (C=O) groups is 1. The second-order valence-corrected chi connectivity index (χ2v) is 5.24. The van der Waals surface area contributed by atoms with E-state index in [1.807, 2.05) is 25.1 Å². The molecule has 1 aliphatic rings. The first-order chi connectivity index (χ1) is 8.22. The number of amides is 1. The molecule has 92 valence electrons. The summed E-state index contributed by atoms with van der Waals surface area (Å²) in [6.45, 7) is 4.68. The Morgan fingerprint density at radius 2 is 2.35 bits per heavy atom. The molecule has 0 aromatic heterocycles. The monoisotopic (exact) mass is 251 g/mol. The molecule has 3 nitrogen and oxygen atoms in total. The fraction of sp³-hybridized carbons (Fsp3) is 0.462. The summed E-state index contributed by atoms with van der Waals surface area (Å²) < 4.78 is 5.66. The Kier molecular flexibility index (Phi) is 3.94. The lowest BCUT2D eigenvalue weighted by molar-refractivity contribution is -0.118. The third kappa shape index (κ3) is 2.75. The minimum absolute atomic E-state index is 0.0337. The minimum atomic E-state index is 0.0337. The molecule has 0 radical (unpaired) electrons. The van der Waals surface area contributed by atoms with Crippen molar-refractivity contribution < 1.29 is 9.53 Å². The standard InChI is InChI=1S/C13H17NO2S/c1-3-7-16-10-5-4-6-11-12(10)14-13(15)9(2)8-17-11/h4-6,9H,3,7-8H2,1-2H3,(H,14,15). The van der Waals surface area contributed by atoms with Gasteiger partial charge in [0.25, 0.3) is 0 Å². The van der Waals surface area contributed by atoms with E-state index in [1.54, 1.807) is 11.8 Å². The molecule has 1 unspecified atom stereocenters. The fourth-order valence-corrected chi connectivity index (χ4v) is 2.68. The van der Waals surface area contributed by atoms with Crippen LogP contribution in [0.1, 0.15) is 20.3 Å². The predicted molar refractivity (Wildman–Crippen MR) is 70.7 cm³/mol. The van der Waals surface area contributed by atoms with Crippen LogP contribution in [-0.2, 0) is 4.79 Å². The number of rotatable bonds is 3. The molecule has 0 saturated carbocycles. The maximum absolute atomic E-state index is 11.8. The van der Waals surface area contributed by atoms with E-state index >= 15 is 0 Å². The van der Waals surface area contributed by atoms with Gasteiger partial charge in [-0.3, -0.25) is 4.79 Å². The van der Waals surface area contributed by atoms with Crippen LogP contribution in [0.25, 0.3) is 0 Å². The summed E-state index contributed by atoms with van der Waals surface area (Å²) in [6, 6.07) is 5.90. The van der Waals surface area contributed by atoms with Crippen LogP contribution in [0.4, 0.5) is 5.69 Å². The van der Waals surface area contributed by atoms with Crippen molar-refractivity contribution in [2.24, 2.45) is 5.92 Å². The van der Waals surface area contributed by atoms with Gasteiger partial charge in [0, 0.05) is 16.6 Å². The SMILES string of the molecule is CCCOc1cccc2c1NC(=O)C(C)CS2. The predicted octanol–water partition coefficient (Wildman–Crippen LogP) is 3.16. The second-order valence-electron chi connectivity index (χ2n) is 4.18. The highest BCUT2D eigenvalue weighted by molar-refractivity contribution is 7.99. The van der Waals surface area contributed by atoms with Crippen molar-refractivity contribution in [1.82, 2.24) is 0 Å². The molecule has 4 heteroatoms. The maximum Gasteiger partial charge on any atom is 0.228 e. The lowest BCUT2D eigenvalue weighted by Crippen LogP contribution is -2.20. The van der Waals surface area contributed by atoms with Gasteiger partial charge in [0.05, 0.1) is 12.3 Å². The Bertz CT molecular complexity index is 420. The molecule has 0 spiro atoms. The highest BCUT2D eigenvalue weighted by atomic mass is 32.2. The average Bonchev–Trinajstić information content (AvgIpc) is 2.48. The summed E-state index contributed by atoms with van der Waals surface area (Å²) in [4.78, 5) is 12.9. The number of benzene rings is 1. The van der Waals surface area contributed by atoms with E-state index in [0.717, 1.165) is 28.5 Å². The first-order valence-corrected chi connectivity index (χ1v) is 6.90. The number of thioether (sulfide) groups is 1. The van der Waals surface area contributed by atoms with Crippen LogP contribution in [-0.4, -0.2) is 18.3 Å². The van der Waals surface area contributed by atoms with Gasteiger partial charge in [-0.05, 0) is 18.6 Å². The van der Waals surface area contributed by atoms with Gasteiger partial charge in [-0.15, -0.1) is 11.8 Å². The Hall–Kier alpha value is -1.16. The van der Waals surface area contributed by atoms with Gasteiger partial charge in [0.1, 0.15) is 5.75 Å². The van der Waals surface area contributed by atoms with Crippen LogP contribution in [0.5, 0.6) is 5.75 Å². The molecule has 0 bridgehead atoms. The molecule has 1 aromatic carbocycles. The Labute approximate surface area is 106 Å². The van der Waals surface area contributed by atoms with Gasteiger partial charge >= 0.3 is 0 Å². The number of carbonyl (C=O) groups excluding carboxylic acids is 1. The van der Waals surface area contributed by atoms with E-state index in [9.17, 15) is 4.79 Å². The van der Waals surface area contributed by atoms with Crippen LogP contribution in [0.2, 0.25) is 0 Å². The minimum Gasteiger partial charge on any atom is -0.491 e. The molecule has 0 fully saturated rings. The summed E-state index contributed by atoms with van der Waals surface area (Å²) >= 11 is 1.71. The average molecular weight is 251 g/mol. The van der Waals surface area contributed by atoms with Crippen molar-refractivity contribution in [1.29, 1.82) is 0 Å². The number of para-hydroxylation sites is 1. The molecule has 1 amide bonds. The van der Waals surface area contributed by atoms with Gasteiger partial charge in [-0.2, -0.15) is 0 Å². The third-order valence-corrected chi connectivity index (χ3v) is 3.95. The first kappa shape index (κ1) is 12.3. The van der Waals surface area contributed by atoms with Crippen molar-refractivity contribution in [3.05, 3.63) is 18.2 Å². The van der Waals surface area contributed by atoms with Crippen LogP contribution in [0, 0.1) is 5.92 Å². The first-order valence-electron chi connectivity index (χ1n) is 5.92. The molecular formula is C13H17NO2S. The van der Waals surface area contributed by atoms with Crippen molar-refractivity contribution in [2.75, 3.05) is 17.7 Å². The fourth-order valence-electron chi connectivity index (χ4n) is 1.62. The molecule has 1 aliphatic heterocycles. The van der Waals surface area contributed by atoms with E-state index in [4.69, 9.17) is 4.74 Å². The number of hydrogen-bond donors (Lipinski definition) is 1. The highest BCUT2D eigenvalue weighted by Crippen LogP contribution is 2.38. The number of ether oxygens (including phenoxy) is 1. The molecule has 1 aromatic rings. The molecule has 1 heterocycles. The molecule has 17 heavy (non-hydrogen) atoms. The van der Waals surface area contributed by atoms with E-state index < -0.39 is 0 Å². The highest BCUT2D eigenvalue weighted by Gasteiger charge is 2.22. The lowest BCUT2D eigenvalue weighted by atomic mass is 10.2. The molecule has 1 N–H and O–H groups in total. The molecular weight excluding hydrogens is 234 g/mol. The molecule has 2 rings (SSSR count). The molecule has 0 aliphatic carbocycles. The Morgan fingerprint density at radius 3 is 3.12 bits per heavy atom. The zero-order chi connectivity index (χ0) is 12.3. The van der Waals surface area contributed by atoms with Crippen molar-refractivity contribution >= 4 is 23.4 Å². The quantitative estimate of drug-likeness (QED) is 0.896. The van der Waals surface area contributed by atoms with Gasteiger partial charge in [0.2, 0.25) is 5.91 Å². The lowest BCUT2D eigenvalue weighted by Gasteiger charge is -2.13. The number of fused-ring (bicyclic) bond motifs is 1. The summed E-state index contributed by atoms with van der Waals surface area (Å²) in [5.41, 5.74) is 0.834. The van der Waals surface area contributed by atoms with E-state index in [1.165, 1.54) is 0 Å². The van der Waals surface area contributed by atoms with Crippen LogP contribution >= 0.6 is 11.8 Å². The van der Waals surface area contributed by atoms with Gasteiger partial charge in [0.15, 0.2) is 0 Å². The van der Waals surface area contributed by atoms with Crippen molar-refractivity contribution in [2.45, 2.75) is 25.2 Å². The van der Waals surface area contributed by atoms with Gasteiger partial charge in [-0.25, -0.2) is 0 Å². The maximum atomic E-state index is 11.8. The van der Waals surface area contributed by atoms with E-state index in [-0.39, 0.29) is 11.8 Å². The summed E-state index contributed by atoms with van der Waals surface area (Å²) in [5, 5.41) is 2.96. The van der Waals surface area contributed by atoms with Crippen LogP contribution in [0.15, 0.2) is 23.1 Å². The zero-order valence-electron chi connectivity index (χ0n) is 10.2. The van der Waals surface area contributed by atoms with Crippen molar-refractivity contribution in [3.63, 3.8) is 0 Å². The van der Waals surface area contributed by atoms with Crippen LogP contribution < -0.4 is 10.1 Å². The van der Waals surface area contributed by atoms with Gasteiger partial charge in [-0.1, -0.05) is 19.9 Å². The van der Waals surface area contributed by atoms with Crippen LogP contribution in [0.3, 0.4) is 0 Å². The summed E-state index contributed by atoms with van der Waals surface area (Å²) in [6.07, 6.45) is 0.959. The Morgan fingerprint density at radius 1 is 1.53 bits per heavy atom. The van der Waals surface area contributed by atoms with Crippen molar-refractivity contribution in [3.8, 4) is 5.75 Å². The summed E-state index contributed by atoms with van der Waals surface area (Å²) in [5.74, 6) is 1.70. The van der Waals surface area contributed by atoms with E-state index in [0.29, 0.717) is 6.61 Å². The Balaban J connectivity index is 2.29. The second kappa shape index (κ2) is 5.45. The number of nitrogens with one attached hydrogen (secondary N) is 1. The zero-order valence-corrected chi connectivity index (χ0v) is 11.0. The summed E-state index contributed by atoms with van der Waals surface area (Å²) in [7, 11) is 0. The molecule has 1 atom stereocenters. The third-order valence-electron chi connectivity index (χ3n) is 2.63. The largest absolute Gasteiger partial charge is 0.491 e. The topological polar surface area (TPSA) is 38.3 Å². The number of anilines is 1. The van der Waals surface area contributed by atoms with Gasteiger partial charge < -0.3 is 10.1 Å². The smallest absolute Gasteiger partial charge is 0.228 e. The normalized spacial score (nSPS) is 19.2. The van der Waals surface area contributed by atoms with E-state index in [2.05, 4.69) is 12.2 Å².